The summed E-state index contributed by atoms with van der Waals surface area (Å²) in [6.45, 7) is 0. The van der Waals surface area contributed by atoms with Gasteiger partial charge >= 0.3 is 0 Å². The maximum Gasteiger partial charge on any atom is 0.165 e. The SMILES string of the molecule is c1ccc(-n2c3ccccc3c3c(-c4nc5ccc6ccccc6c5nc4-n4c5ccc6c7ccccc7c7ccccc7c6c5c5ccc6ccccc6c54)cccc32)cc1. The smallest absolute Gasteiger partial charge is 0.165 e. The van der Waals surface area contributed by atoms with Crippen LogP contribution in [0.15, 0.2) is 206 Å². The van der Waals surface area contributed by atoms with Gasteiger partial charge < -0.3 is 4.57 Å². The van der Waals surface area contributed by atoms with Crippen LogP contribution in [0.2, 0.25) is 0 Å². The van der Waals surface area contributed by atoms with E-state index >= 15 is 0 Å². The van der Waals surface area contributed by atoms with Crippen molar-refractivity contribution in [1.29, 1.82) is 0 Å². The zero-order valence-corrected chi connectivity index (χ0v) is 33.4. The van der Waals surface area contributed by atoms with Gasteiger partial charge in [0.15, 0.2) is 5.82 Å². The van der Waals surface area contributed by atoms with Gasteiger partial charge in [0, 0.05) is 49.0 Å². The third-order valence-electron chi connectivity index (χ3n) is 13.2. The van der Waals surface area contributed by atoms with E-state index in [1.165, 1.54) is 59.2 Å². The van der Waals surface area contributed by atoms with Crippen molar-refractivity contribution >= 4 is 109 Å². The molecule has 0 N–H and O–H groups in total. The lowest BCUT2D eigenvalue weighted by Crippen LogP contribution is -2.04. The van der Waals surface area contributed by atoms with Crippen LogP contribution in [0.3, 0.4) is 0 Å². The fourth-order valence-electron chi connectivity index (χ4n) is 10.7. The second-order valence-corrected chi connectivity index (χ2v) is 16.4. The van der Waals surface area contributed by atoms with Crippen LogP contribution in [0.4, 0.5) is 0 Å². The number of para-hydroxylation sites is 2. The Morgan fingerprint density at radius 3 is 1.66 bits per heavy atom. The van der Waals surface area contributed by atoms with Crippen molar-refractivity contribution in [1.82, 2.24) is 19.1 Å². The average Bonchev–Trinajstić information content (AvgIpc) is 3.87. The molecule has 11 aromatic carbocycles. The first-order valence-corrected chi connectivity index (χ1v) is 21.3. The van der Waals surface area contributed by atoms with Crippen molar-refractivity contribution in [3.05, 3.63) is 206 Å². The second kappa shape index (κ2) is 12.6. The summed E-state index contributed by atoms with van der Waals surface area (Å²) in [6.07, 6.45) is 0. The van der Waals surface area contributed by atoms with Gasteiger partial charge in [-0.05, 0) is 74.1 Å². The lowest BCUT2D eigenvalue weighted by Gasteiger charge is -2.17. The molecule has 0 radical (unpaired) electrons. The molecule has 0 aliphatic carbocycles. The average molecular weight is 787 g/mol. The highest BCUT2D eigenvalue weighted by Gasteiger charge is 2.26. The third kappa shape index (κ3) is 4.50. The van der Waals surface area contributed by atoms with Crippen LogP contribution in [0, 0.1) is 0 Å². The maximum atomic E-state index is 5.87. The van der Waals surface area contributed by atoms with E-state index in [1.807, 2.05) is 0 Å². The highest BCUT2D eigenvalue weighted by atomic mass is 15.1. The molecule has 4 heteroatoms. The van der Waals surface area contributed by atoms with Crippen LogP contribution in [-0.4, -0.2) is 19.1 Å². The van der Waals surface area contributed by atoms with Crippen molar-refractivity contribution in [3.63, 3.8) is 0 Å². The molecule has 14 rings (SSSR count). The third-order valence-corrected chi connectivity index (χ3v) is 13.2. The molecule has 0 aliphatic heterocycles. The number of nitrogens with zero attached hydrogens (tertiary/aromatic N) is 4. The predicted octanol–water partition coefficient (Wildman–Crippen LogP) is 15.3. The second-order valence-electron chi connectivity index (χ2n) is 16.4. The molecule has 286 valence electrons. The van der Waals surface area contributed by atoms with Crippen molar-refractivity contribution in [2.75, 3.05) is 0 Å². The van der Waals surface area contributed by atoms with Crippen LogP contribution in [0.25, 0.3) is 131 Å². The molecule has 0 aliphatic rings. The molecule has 0 fully saturated rings. The highest BCUT2D eigenvalue weighted by molar-refractivity contribution is 6.36. The molecule has 0 amide bonds. The molecule has 62 heavy (non-hydrogen) atoms. The Hall–Kier alpha value is -8.34. The number of fused-ring (bicyclic) bond motifs is 18. The molecule has 3 heterocycles. The maximum absolute atomic E-state index is 5.87. The minimum Gasteiger partial charge on any atom is -0.309 e. The quantitative estimate of drug-likeness (QED) is 0.167. The van der Waals surface area contributed by atoms with Gasteiger partial charge in [-0.1, -0.05) is 170 Å². The molecule has 0 unspecified atom stereocenters. The van der Waals surface area contributed by atoms with Crippen LogP contribution in [-0.2, 0) is 0 Å². The summed E-state index contributed by atoms with van der Waals surface area (Å²) in [5.74, 6) is 0.804. The van der Waals surface area contributed by atoms with Gasteiger partial charge in [-0.25, -0.2) is 9.97 Å². The topological polar surface area (TPSA) is 35.6 Å². The fraction of sp³-hybridized carbons (Fsp3) is 0. The highest BCUT2D eigenvalue weighted by Crippen LogP contribution is 2.47. The number of aromatic nitrogens is 4. The van der Waals surface area contributed by atoms with E-state index in [0.717, 1.165) is 72.0 Å². The van der Waals surface area contributed by atoms with Crippen LogP contribution in [0.5, 0.6) is 0 Å². The molecular formula is C58H34N4. The molecule has 0 saturated heterocycles. The van der Waals surface area contributed by atoms with Gasteiger partial charge in [-0.2, -0.15) is 0 Å². The minimum atomic E-state index is 0.804. The van der Waals surface area contributed by atoms with E-state index in [0.29, 0.717) is 0 Å². The first-order chi connectivity index (χ1) is 30.8. The molecule has 0 saturated carbocycles. The number of hydrogen-bond acceptors (Lipinski definition) is 2. The summed E-state index contributed by atoms with van der Waals surface area (Å²) >= 11 is 0. The van der Waals surface area contributed by atoms with Gasteiger partial charge in [-0.3, -0.25) is 4.57 Å². The van der Waals surface area contributed by atoms with Crippen molar-refractivity contribution in [2.24, 2.45) is 0 Å². The first kappa shape index (κ1) is 33.5. The molecular weight excluding hydrogens is 753 g/mol. The molecule has 0 spiro atoms. The molecule has 0 atom stereocenters. The van der Waals surface area contributed by atoms with Crippen LogP contribution < -0.4 is 0 Å². The summed E-state index contributed by atoms with van der Waals surface area (Å²) < 4.78 is 4.82. The van der Waals surface area contributed by atoms with E-state index in [4.69, 9.17) is 9.97 Å². The minimum absolute atomic E-state index is 0.804. The van der Waals surface area contributed by atoms with E-state index in [9.17, 15) is 0 Å². The van der Waals surface area contributed by atoms with Gasteiger partial charge in [-0.15, -0.1) is 0 Å². The zero-order valence-electron chi connectivity index (χ0n) is 33.4. The summed E-state index contributed by atoms with van der Waals surface area (Å²) in [7, 11) is 0. The first-order valence-electron chi connectivity index (χ1n) is 21.3. The summed E-state index contributed by atoms with van der Waals surface area (Å²) in [6, 6.07) is 74.7. The molecule has 3 aromatic heterocycles. The van der Waals surface area contributed by atoms with Gasteiger partial charge in [0.25, 0.3) is 0 Å². The lowest BCUT2D eigenvalue weighted by atomic mass is 9.91. The predicted molar refractivity (Wildman–Crippen MR) is 261 cm³/mol. The number of hydrogen-bond donors (Lipinski definition) is 0. The molecule has 4 nitrogen and oxygen atoms in total. The Balaban J connectivity index is 1.22. The van der Waals surface area contributed by atoms with Crippen LogP contribution in [0.1, 0.15) is 0 Å². The number of benzene rings is 11. The van der Waals surface area contributed by atoms with Gasteiger partial charge in [0.1, 0.15) is 5.69 Å². The Morgan fingerprint density at radius 1 is 0.306 bits per heavy atom. The normalized spacial score (nSPS) is 12.2. The van der Waals surface area contributed by atoms with E-state index in [1.54, 1.807) is 0 Å². The fourth-order valence-corrected chi connectivity index (χ4v) is 10.7. The largest absolute Gasteiger partial charge is 0.309 e. The van der Waals surface area contributed by atoms with Gasteiger partial charge in [0.05, 0.1) is 33.1 Å². The van der Waals surface area contributed by atoms with E-state index in [2.05, 4.69) is 215 Å². The Labute approximate surface area is 355 Å². The Morgan fingerprint density at radius 2 is 0.871 bits per heavy atom. The monoisotopic (exact) mass is 786 g/mol. The van der Waals surface area contributed by atoms with Crippen molar-refractivity contribution in [3.8, 4) is 22.8 Å². The number of rotatable bonds is 3. The van der Waals surface area contributed by atoms with Crippen molar-refractivity contribution in [2.45, 2.75) is 0 Å². The summed E-state index contributed by atoms with van der Waals surface area (Å²) in [5, 5.41) is 16.8. The standard InChI is InChI=1S/C58H34N4/c1-2-17-37(18-3-1)61-49-27-13-12-25-45(49)52-46(26-14-28-50(52)61)56-58(60-55-38-19-6-4-15-35(38)30-33-48(55)59-56)62-51-34-32-44-42-23-9-8-21-40(42)41-22-10-11-24-43(41)53(44)54(51)47-31-29-36-16-5-7-20-39(36)57(47)62/h1-34H. The van der Waals surface area contributed by atoms with Crippen LogP contribution >= 0.6 is 0 Å². The summed E-state index contributed by atoms with van der Waals surface area (Å²) in [4.78, 5) is 11.6. The Kier molecular flexibility index (Phi) is 6.80. The molecule has 0 bridgehead atoms. The summed E-state index contributed by atoms with van der Waals surface area (Å²) in [5.41, 5.74) is 9.23. The van der Waals surface area contributed by atoms with Crippen molar-refractivity contribution < 1.29 is 0 Å². The van der Waals surface area contributed by atoms with E-state index in [-0.39, 0.29) is 0 Å². The zero-order chi connectivity index (χ0) is 40.5. The Bertz CT molecular complexity index is 4180. The molecule has 14 aromatic rings. The van der Waals surface area contributed by atoms with E-state index < -0.39 is 0 Å². The van der Waals surface area contributed by atoms with Gasteiger partial charge in [0.2, 0.25) is 0 Å². The lowest BCUT2D eigenvalue weighted by molar-refractivity contribution is 1.09.